The lowest BCUT2D eigenvalue weighted by molar-refractivity contribution is 0.373. The van der Waals surface area contributed by atoms with Crippen LogP contribution in [0.1, 0.15) is 5.56 Å². The van der Waals surface area contributed by atoms with Gasteiger partial charge in [-0.05, 0) is 29.8 Å². The van der Waals surface area contributed by atoms with E-state index in [4.69, 9.17) is 9.47 Å². The maximum Gasteiger partial charge on any atom is 0.160 e. The molecule has 0 amide bonds. The molecule has 0 radical (unpaired) electrons. The SMILES string of the molecule is COc1ccc(CNc2ccc(OC)c(O)c2)cc1. The van der Waals surface area contributed by atoms with Crippen LogP contribution in [0.3, 0.4) is 0 Å². The number of phenols is 1. The van der Waals surface area contributed by atoms with Gasteiger partial charge in [0.15, 0.2) is 11.5 Å². The number of nitrogens with one attached hydrogen (secondary N) is 1. The molecule has 2 aromatic carbocycles. The number of hydrogen-bond donors (Lipinski definition) is 2. The number of aromatic hydroxyl groups is 1. The Hall–Kier alpha value is -2.36. The van der Waals surface area contributed by atoms with Gasteiger partial charge >= 0.3 is 0 Å². The molecule has 2 rings (SSSR count). The fraction of sp³-hybridized carbons (Fsp3) is 0.200. The number of phenolic OH excluding ortho intramolecular Hbond substituents is 1. The maximum absolute atomic E-state index is 9.68. The molecule has 4 nitrogen and oxygen atoms in total. The number of hydrogen-bond acceptors (Lipinski definition) is 4. The van der Waals surface area contributed by atoms with Crippen LogP contribution in [-0.4, -0.2) is 19.3 Å². The van der Waals surface area contributed by atoms with Crippen LogP contribution in [0.25, 0.3) is 0 Å². The number of ether oxygens (including phenoxy) is 2. The van der Waals surface area contributed by atoms with Gasteiger partial charge in [0.1, 0.15) is 5.75 Å². The molecule has 0 aliphatic heterocycles. The van der Waals surface area contributed by atoms with Crippen molar-refractivity contribution in [1.82, 2.24) is 0 Å². The molecule has 19 heavy (non-hydrogen) atoms. The molecule has 100 valence electrons. The van der Waals surface area contributed by atoms with Crippen LogP contribution >= 0.6 is 0 Å². The summed E-state index contributed by atoms with van der Waals surface area (Å²) in [6.07, 6.45) is 0. The first-order chi connectivity index (χ1) is 9.22. The van der Waals surface area contributed by atoms with Crippen LogP contribution in [-0.2, 0) is 6.54 Å². The van der Waals surface area contributed by atoms with Gasteiger partial charge in [0.25, 0.3) is 0 Å². The fourth-order valence-electron chi connectivity index (χ4n) is 1.75. The monoisotopic (exact) mass is 259 g/mol. The predicted octanol–water partition coefficient (Wildman–Crippen LogP) is 3.02. The smallest absolute Gasteiger partial charge is 0.160 e. The van der Waals surface area contributed by atoms with E-state index in [1.807, 2.05) is 30.3 Å². The van der Waals surface area contributed by atoms with Crippen molar-refractivity contribution in [1.29, 1.82) is 0 Å². The van der Waals surface area contributed by atoms with Crippen molar-refractivity contribution in [2.75, 3.05) is 19.5 Å². The molecule has 0 aliphatic rings. The predicted molar refractivity (Wildman–Crippen MR) is 75.0 cm³/mol. The molecule has 0 spiro atoms. The van der Waals surface area contributed by atoms with E-state index < -0.39 is 0 Å². The van der Waals surface area contributed by atoms with E-state index in [9.17, 15) is 5.11 Å². The average molecular weight is 259 g/mol. The van der Waals surface area contributed by atoms with Gasteiger partial charge in [-0.2, -0.15) is 0 Å². The van der Waals surface area contributed by atoms with Crippen LogP contribution in [0.5, 0.6) is 17.2 Å². The summed E-state index contributed by atoms with van der Waals surface area (Å²) in [4.78, 5) is 0. The largest absolute Gasteiger partial charge is 0.504 e. The van der Waals surface area contributed by atoms with Crippen molar-refractivity contribution in [2.45, 2.75) is 6.54 Å². The first-order valence-electron chi connectivity index (χ1n) is 5.96. The second-order valence-corrected chi connectivity index (χ2v) is 4.09. The molecule has 0 unspecified atom stereocenters. The molecule has 4 heteroatoms. The summed E-state index contributed by atoms with van der Waals surface area (Å²) in [7, 11) is 3.17. The highest BCUT2D eigenvalue weighted by Gasteiger charge is 2.02. The summed E-state index contributed by atoms with van der Waals surface area (Å²) >= 11 is 0. The third-order valence-corrected chi connectivity index (χ3v) is 2.83. The highest BCUT2D eigenvalue weighted by molar-refractivity contribution is 5.54. The van der Waals surface area contributed by atoms with Crippen molar-refractivity contribution in [3.05, 3.63) is 48.0 Å². The zero-order chi connectivity index (χ0) is 13.7. The molecule has 0 atom stereocenters. The van der Waals surface area contributed by atoms with E-state index in [2.05, 4.69) is 5.32 Å². The average Bonchev–Trinajstić information content (AvgIpc) is 2.46. The Bertz CT molecular complexity index is 538. The highest BCUT2D eigenvalue weighted by atomic mass is 16.5. The van der Waals surface area contributed by atoms with Gasteiger partial charge in [-0.3, -0.25) is 0 Å². The molecule has 2 N–H and O–H groups in total. The Morgan fingerprint density at radius 3 is 2.32 bits per heavy atom. The van der Waals surface area contributed by atoms with Gasteiger partial charge in [0, 0.05) is 18.3 Å². The van der Waals surface area contributed by atoms with E-state index >= 15 is 0 Å². The van der Waals surface area contributed by atoms with Crippen molar-refractivity contribution in [3.8, 4) is 17.2 Å². The van der Waals surface area contributed by atoms with E-state index in [-0.39, 0.29) is 5.75 Å². The number of methoxy groups -OCH3 is 2. The summed E-state index contributed by atoms with van der Waals surface area (Å²) < 4.78 is 10.1. The van der Waals surface area contributed by atoms with Crippen LogP contribution < -0.4 is 14.8 Å². The lowest BCUT2D eigenvalue weighted by Gasteiger charge is -2.09. The van der Waals surface area contributed by atoms with Gasteiger partial charge in [0.05, 0.1) is 14.2 Å². The molecule has 0 fully saturated rings. The second-order valence-electron chi connectivity index (χ2n) is 4.09. The third kappa shape index (κ3) is 3.31. The quantitative estimate of drug-likeness (QED) is 0.866. The van der Waals surface area contributed by atoms with Gasteiger partial charge in [-0.15, -0.1) is 0 Å². The number of anilines is 1. The standard InChI is InChI=1S/C15H17NO3/c1-18-13-6-3-11(4-7-13)10-16-12-5-8-15(19-2)14(17)9-12/h3-9,16-17H,10H2,1-2H3. The molecule has 0 bridgehead atoms. The molecule has 0 heterocycles. The van der Waals surface area contributed by atoms with Crippen molar-refractivity contribution < 1.29 is 14.6 Å². The fourth-order valence-corrected chi connectivity index (χ4v) is 1.75. The minimum absolute atomic E-state index is 0.127. The van der Waals surface area contributed by atoms with Crippen molar-refractivity contribution >= 4 is 5.69 Å². The van der Waals surface area contributed by atoms with Crippen LogP contribution in [0.15, 0.2) is 42.5 Å². The lowest BCUT2D eigenvalue weighted by atomic mass is 10.2. The number of rotatable bonds is 5. The van der Waals surface area contributed by atoms with E-state index in [0.717, 1.165) is 17.0 Å². The normalized spacial score (nSPS) is 10.0. The van der Waals surface area contributed by atoms with E-state index in [1.54, 1.807) is 19.2 Å². The Morgan fingerprint density at radius 1 is 1.00 bits per heavy atom. The molecule has 0 saturated heterocycles. The Morgan fingerprint density at radius 2 is 1.74 bits per heavy atom. The molecule has 0 aromatic heterocycles. The van der Waals surface area contributed by atoms with Gasteiger partial charge < -0.3 is 19.9 Å². The van der Waals surface area contributed by atoms with Crippen LogP contribution in [0, 0.1) is 0 Å². The summed E-state index contributed by atoms with van der Waals surface area (Å²) in [5.74, 6) is 1.43. The second kappa shape index (κ2) is 6.00. The molecule has 2 aromatic rings. The van der Waals surface area contributed by atoms with Crippen molar-refractivity contribution in [2.24, 2.45) is 0 Å². The summed E-state index contributed by atoms with van der Waals surface area (Å²) in [6.45, 7) is 0.676. The van der Waals surface area contributed by atoms with Crippen molar-refractivity contribution in [3.63, 3.8) is 0 Å². The maximum atomic E-state index is 9.68. The molecule has 0 saturated carbocycles. The first kappa shape index (κ1) is 13.1. The zero-order valence-corrected chi connectivity index (χ0v) is 11.0. The van der Waals surface area contributed by atoms with E-state index in [0.29, 0.717) is 12.3 Å². The zero-order valence-electron chi connectivity index (χ0n) is 11.0. The highest BCUT2D eigenvalue weighted by Crippen LogP contribution is 2.28. The molecular weight excluding hydrogens is 242 g/mol. The first-order valence-corrected chi connectivity index (χ1v) is 5.96. The van der Waals surface area contributed by atoms with Gasteiger partial charge in [0.2, 0.25) is 0 Å². The lowest BCUT2D eigenvalue weighted by Crippen LogP contribution is -1.99. The summed E-state index contributed by atoms with van der Waals surface area (Å²) in [6, 6.07) is 13.1. The van der Waals surface area contributed by atoms with Gasteiger partial charge in [-0.25, -0.2) is 0 Å². The Balaban J connectivity index is 1.99. The minimum Gasteiger partial charge on any atom is -0.504 e. The minimum atomic E-state index is 0.127. The molecular formula is C15H17NO3. The third-order valence-electron chi connectivity index (χ3n) is 2.83. The van der Waals surface area contributed by atoms with Crippen LogP contribution in [0.2, 0.25) is 0 Å². The molecule has 0 aliphatic carbocycles. The topological polar surface area (TPSA) is 50.7 Å². The Labute approximate surface area is 112 Å². The Kier molecular flexibility index (Phi) is 4.13. The summed E-state index contributed by atoms with van der Waals surface area (Å²) in [5.41, 5.74) is 1.98. The summed E-state index contributed by atoms with van der Waals surface area (Å²) in [5, 5.41) is 12.9. The number of benzene rings is 2. The van der Waals surface area contributed by atoms with Gasteiger partial charge in [-0.1, -0.05) is 12.1 Å². The van der Waals surface area contributed by atoms with E-state index in [1.165, 1.54) is 7.11 Å². The van der Waals surface area contributed by atoms with Crippen LogP contribution in [0.4, 0.5) is 5.69 Å².